The molecular weight excluding hydrogens is 434 g/mol. The second-order valence-corrected chi connectivity index (χ2v) is 9.01. The van der Waals surface area contributed by atoms with Gasteiger partial charge >= 0.3 is 13.3 Å². The van der Waals surface area contributed by atoms with Crippen molar-refractivity contribution in [2.75, 3.05) is 7.11 Å². The molecule has 0 atom stereocenters. The number of rotatable bonds is 5. The molecule has 3 aromatic rings. The van der Waals surface area contributed by atoms with E-state index >= 15 is 0 Å². The third kappa shape index (κ3) is 4.65. The van der Waals surface area contributed by atoms with Gasteiger partial charge < -0.3 is 18.8 Å². The zero-order valence-corrected chi connectivity index (χ0v) is 19.1. The fourth-order valence-electron chi connectivity index (χ4n) is 3.50. The van der Waals surface area contributed by atoms with E-state index in [0.29, 0.717) is 22.2 Å². The molecule has 1 aliphatic heterocycles. The van der Waals surface area contributed by atoms with Crippen molar-refractivity contribution in [3.05, 3.63) is 59.8 Å². The maximum atomic E-state index is 13.7. The summed E-state index contributed by atoms with van der Waals surface area (Å²) in [6, 6.07) is 13.2. The van der Waals surface area contributed by atoms with Gasteiger partial charge in [-0.15, -0.1) is 0 Å². The van der Waals surface area contributed by atoms with Crippen LogP contribution in [0.5, 0.6) is 11.5 Å². The van der Waals surface area contributed by atoms with Crippen LogP contribution in [-0.2, 0) is 22.1 Å². The monoisotopic (exact) mass is 459 g/mol. The molecule has 0 saturated carbocycles. The van der Waals surface area contributed by atoms with Crippen LogP contribution in [-0.4, -0.2) is 30.4 Å². The molecular formula is C24H25BF3NO4. The maximum Gasteiger partial charge on any atom is 0.494 e. The number of nitrogens with zero attached hydrogens (tertiary/aromatic N) is 1. The van der Waals surface area contributed by atoms with Crippen LogP contribution in [0, 0.1) is 0 Å². The third-order valence-corrected chi connectivity index (χ3v) is 6.15. The molecule has 0 spiro atoms. The topological polar surface area (TPSA) is 49.8 Å². The van der Waals surface area contributed by atoms with Gasteiger partial charge in [-0.2, -0.15) is 13.2 Å². The Morgan fingerprint density at radius 3 is 2.15 bits per heavy atom. The number of ether oxygens (including phenoxy) is 2. The Balaban J connectivity index is 1.67. The molecule has 1 fully saturated rings. The van der Waals surface area contributed by atoms with Crippen LogP contribution in [0.15, 0.2) is 48.5 Å². The highest BCUT2D eigenvalue weighted by Gasteiger charge is 2.51. The number of benzene rings is 2. The molecule has 33 heavy (non-hydrogen) atoms. The molecule has 0 N–H and O–H groups in total. The lowest BCUT2D eigenvalue weighted by atomic mass is 9.78. The molecule has 2 aromatic carbocycles. The van der Waals surface area contributed by atoms with E-state index in [1.54, 1.807) is 43.5 Å². The molecule has 5 nitrogen and oxygen atoms in total. The highest BCUT2D eigenvalue weighted by Crippen LogP contribution is 2.38. The molecule has 0 bridgehead atoms. The highest BCUT2D eigenvalue weighted by molar-refractivity contribution is 6.62. The summed E-state index contributed by atoms with van der Waals surface area (Å²) in [5.41, 5.74) is -0.514. The minimum Gasteiger partial charge on any atom is -0.497 e. The van der Waals surface area contributed by atoms with Gasteiger partial charge in [0, 0.05) is 5.39 Å². The van der Waals surface area contributed by atoms with Crippen LogP contribution >= 0.6 is 0 Å². The maximum absolute atomic E-state index is 13.7. The molecule has 0 aliphatic carbocycles. The van der Waals surface area contributed by atoms with Gasteiger partial charge in [0.25, 0.3) is 0 Å². The molecule has 174 valence electrons. The zero-order valence-electron chi connectivity index (χ0n) is 19.1. The quantitative estimate of drug-likeness (QED) is 0.495. The van der Waals surface area contributed by atoms with E-state index in [9.17, 15) is 13.2 Å². The molecule has 1 aromatic heterocycles. The van der Waals surface area contributed by atoms with Gasteiger partial charge in [0.2, 0.25) is 0 Å². The molecule has 0 amide bonds. The van der Waals surface area contributed by atoms with Crippen LogP contribution in [0.25, 0.3) is 10.9 Å². The van der Waals surface area contributed by atoms with Crippen LogP contribution in [0.3, 0.4) is 0 Å². The van der Waals surface area contributed by atoms with E-state index in [1.165, 1.54) is 12.1 Å². The summed E-state index contributed by atoms with van der Waals surface area (Å²) in [5, 5.41) is 0.500. The number of aromatic nitrogens is 1. The van der Waals surface area contributed by atoms with E-state index in [2.05, 4.69) is 4.98 Å². The van der Waals surface area contributed by atoms with Crippen LogP contribution in [0.1, 0.15) is 39.0 Å². The number of pyridine rings is 1. The zero-order chi connectivity index (χ0) is 24.0. The number of fused-ring (bicyclic) bond motifs is 1. The number of alkyl halides is 3. The van der Waals surface area contributed by atoms with Gasteiger partial charge in [-0.25, -0.2) is 4.98 Å². The number of hydrogen-bond donors (Lipinski definition) is 0. The fraction of sp³-hybridized carbons (Fsp3) is 0.375. The summed E-state index contributed by atoms with van der Waals surface area (Å²) in [6.07, 6.45) is -4.66. The highest BCUT2D eigenvalue weighted by atomic mass is 19.4. The first-order valence-electron chi connectivity index (χ1n) is 10.5. The molecule has 0 unspecified atom stereocenters. The van der Waals surface area contributed by atoms with Crippen molar-refractivity contribution < 1.29 is 32.0 Å². The second-order valence-electron chi connectivity index (χ2n) is 9.01. The largest absolute Gasteiger partial charge is 0.497 e. The first-order chi connectivity index (χ1) is 15.4. The van der Waals surface area contributed by atoms with Gasteiger partial charge in [-0.05, 0) is 63.0 Å². The Labute approximate surface area is 191 Å². The van der Waals surface area contributed by atoms with E-state index in [4.69, 9.17) is 18.8 Å². The van der Waals surface area contributed by atoms with Crippen molar-refractivity contribution in [2.45, 2.75) is 51.7 Å². The smallest absolute Gasteiger partial charge is 0.494 e. The second kappa shape index (κ2) is 8.22. The molecule has 2 heterocycles. The van der Waals surface area contributed by atoms with E-state index in [-0.39, 0.29) is 17.9 Å². The van der Waals surface area contributed by atoms with Gasteiger partial charge in [-0.1, -0.05) is 24.3 Å². The molecule has 1 aliphatic rings. The Kier molecular flexibility index (Phi) is 5.82. The summed E-state index contributed by atoms with van der Waals surface area (Å²) in [4.78, 5) is 3.86. The van der Waals surface area contributed by atoms with Gasteiger partial charge in [-0.3, -0.25) is 0 Å². The van der Waals surface area contributed by atoms with Crippen LogP contribution < -0.4 is 14.9 Å². The van der Waals surface area contributed by atoms with Crippen molar-refractivity contribution in [1.29, 1.82) is 0 Å². The van der Waals surface area contributed by atoms with Crippen molar-refractivity contribution in [2.24, 2.45) is 0 Å². The Morgan fingerprint density at radius 1 is 0.939 bits per heavy atom. The van der Waals surface area contributed by atoms with E-state index in [1.807, 2.05) is 27.7 Å². The number of halogens is 3. The lowest BCUT2D eigenvalue weighted by Gasteiger charge is -2.32. The molecule has 1 saturated heterocycles. The van der Waals surface area contributed by atoms with Crippen molar-refractivity contribution in [3.63, 3.8) is 0 Å². The van der Waals surface area contributed by atoms with Crippen molar-refractivity contribution in [3.8, 4) is 11.5 Å². The van der Waals surface area contributed by atoms with Gasteiger partial charge in [0.1, 0.15) is 12.4 Å². The molecule has 4 rings (SSSR count). The fourth-order valence-corrected chi connectivity index (χ4v) is 3.50. The number of hydrogen-bond acceptors (Lipinski definition) is 5. The Hall–Kier alpha value is -2.78. The molecule has 9 heteroatoms. The predicted molar refractivity (Wildman–Crippen MR) is 120 cm³/mol. The average Bonchev–Trinajstić information content (AvgIpc) is 2.97. The standard InChI is InChI=1S/C24H25BF3NO4/c1-22(2)23(3,4)33-25(32-22)17-8-11-19-16(12-17)13-20(21(29-19)24(26,27)28)31-14-15-6-9-18(30-5)10-7-15/h6-13H,14H2,1-5H3. The Morgan fingerprint density at radius 2 is 1.58 bits per heavy atom. The summed E-state index contributed by atoms with van der Waals surface area (Å²) in [7, 11) is 0.907. The minimum atomic E-state index is -4.66. The van der Waals surface area contributed by atoms with Gasteiger partial charge in [0.15, 0.2) is 11.4 Å². The summed E-state index contributed by atoms with van der Waals surface area (Å²) in [6.45, 7) is 7.72. The predicted octanol–water partition coefficient (Wildman–Crippen LogP) is 5.14. The van der Waals surface area contributed by atoms with Crippen LogP contribution in [0.4, 0.5) is 13.2 Å². The SMILES string of the molecule is COc1ccc(COc2cc3cc(B4OC(C)(C)C(C)(C)O4)ccc3nc2C(F)(F)F)cc1. The van der Waals surface area contributed by atoms with Crippen molar-refractivity contribution >= 4 is 23.5 Å². The van der Waals surface area contributed by atoms with Crippen molar-refractivity contribution in [1.82, 2.24) is 4.98 Å². The van der Waals surface area contributed by atoms with Gasteiger partial charge in [0.05, 0.1) is 23.8 Å². The summed E-state index contributed by atoms with van der Waals surface area (Å²) in [5.74, 6) is 0.314. The third-order valence-electron chi connectivity index (χ3n) is 6.15. The molecule has 0 radical (unpaired) electrons. The normalized spacial score (nSPS) is 17.4. The number of methoxy groups -OCH3 is 1. The lowest BCUT2D eigenvalue weighted by Crippen LogP contribution is -2.41. The summed E-state index contributed by atoms with van der Waals surface area (Å²) < 4.78 is 63.9. The van der Waals surface area contributed by atoms with E-state index < -0.39 is 30.2 Å². The minimum absolute atomic E-state index is 0.0445. The Bertz CT molecular complexity index is 1150. The lowest BCUT2D eigenvalue weighted by molar-refractivity contribution is -0.142. The van der Waals surface area contributed by atoms with E-state index in [0.717, 1.165) is 0 Å². The first-order valence-corrected chi connectivity index (χ1v) is 10.5. The summed E-state index contributed by atoms with van der Waals surface area (Å²) >= 11 is 0. The first kappa shape index (κ1) is 23.4. The van der Waals surface area contributed by atoms with Crippen LogP contribution in [0.2, 0.25) is 0 Å². The average molecular weight is 459 g/mol.